The van der Waals surface area contributed by atoms with Gasteiger partial charge in [0.2, 0.25) is 0 Å². The van der Waals surface area contributed by atoms with Crippen LogP contribution in [0.25, 0.3) is 19.3 Å². The third-order valence-corrected chi connectivity index (χ3v) is 6.91. The summed E-state index contributed by atoms with van der Waals surface area (Å²) in [5.74, 6) is 0. The number of fused-ring (bicyclic) bond motifs is 3. The molecule has 0 saturated carbocycles. The van der Waals surface area contributed by atoms with Crippen molar-refractivity contribution < 1.29 is 0 Å². The minimum atomic E-state index is 0.318. The van der Waals surface area contributed by atoms with Crippen LogP contribution in [0.5, 0.6) is 0 Å². The van der Waals surface area contributed by atoms with Crippen LogP contribution in [0, 0.1) is 0 Å². The summed E-state index contributed by atoms with van der Waals surface area (Å²) in [5, 5.41) is 2.73. The Labute approximate surface area is 168 Å². The van der Waals surface area contributed by atoms with Gasteiger partial charge in [0.1, 0.15) is 0 Å². The summed E-state index contributed by atoms with van der Waals surface area (Å²) in [7, 11) is 0. The van der Waals surface area contributed by atoms with Crippen molar-refractivity contribution in [1.29, 1.82) is 0 Å². The van der Waals surface area contributed by atoms with E-state index in [9.17, 15) is 0 Å². The van der Waals surface area contributed by atoms with Gasteiger partial charge in [-0.3, -0.25) is 0 Å². The summed E-state index contributed by atoms with van der Waals surface area (Å²) < 4.78 is 2.88. The van der Waals surface area contributed by atoms with Gasteiger partial charge in [0.05, 0.1) is 0 Å². The Balaban J connectivity index is 2.32. The third kappa shape index (κ3) is 3.80. The zero-order chi connectivity index (χ0) is 19.2. The Morgan fingerprint density at radius 2 is 1.00 bits per heavy atom. The van der Waals surface area contributed by atoms with Gasteiger partial charge in [-0.05, 0) is 0 Å². The molecule has 0 amide bonds. The molecule has 0 unspecified atom stereocenters. The van der Waals surface area contributed by atoms with Crippen LogP contribution in [0.3, 0.4) is 0 Å². The summed E-state index contributed by atoms with van der Waals surface area (Å²) >= 11 is 0.318. The first-order valence-electron chi connectivity index (χ1n) is 9.12. The van der Waals surface area contributed by atoms with Crippen LogP contribution in [0.2, 0.25) is 0 Å². The Morgan fingerprint density at radius 1 is 0.630 bits per heavy atom. The zero-order valence-corrected chi connectivity index (χ0v) is 17.4. The zero-order valence-electron chi connectivity index (χ0n) is 15.7. The number of benzene rings is 2. The molecule has 1 aromatic heterocycles. The van der Waals surface area contributed by atoms with E-state index in [0.29, 0.717) is 14.5 Å². The van der Waals surface area contributed by atoms with Crippen LogP contribution in [0.1, 0.15) is 0 Å². The number of hydrogen-bond acceptors (Lipinski definition) is 2. The number of nitrogens with zero attached hydrogens (tertiary/aromatic N) is 2. The van der Waals surface area contributed by atoms with E-state index in [2.05, 4.69) is 72.5 Å². The quantitative estimate of drug-likeness (QED) is 0.319. The normalized spacial score (nSPS) is 10.7. The molecule has 2 aromatic carbocycles. The second-order valence-corrected chi connectivity index (χ2v) is 8.64. The summed E-state index contributed by atoms with van der Waals surface area (Å²) in [6.45, 7) is 19.0. The summed E-state index contributed by atoms with van der Waals surface area (Å²) in [6.07, 6.45) is 7.82. The predicted molar refractivity (Wildman–Crippen MR) is 124 cm³/mol. The van der Waals surface area contributed by atoms with Gasteiger partial charge in [0.25, 0.3) is 0 Å². The molecule has 27 heavy (non-hydrogen) atoms. The summed E-state index contributed by atoms with van der Waals surface area (Å²) in [6, 6.07) is 13.3. The van der Waals surface area contributed by atoms with Crippen LogP contribution in [-0.2, 0) is 0 Å². The summed E-state index contributed by atoms with van der Waals surface area (Å²) in [5.41, 5.74) is 2.52. The molecule has 0 bridgehead atoms. The molecule has 0 aliphatic carbocycles. The molecule has 2 nitrogen and oxygen atoms in total. The maximum atomic E-state index is 3.94. The molecule has 0 saturated heterocycles. The summed E-state index contributed by atoms with van der Waals surface area (Å²) in [4.78, 5) is 4.68. The van der Waals surface area contributed by atoms with Crippen LogP contribution in [0.4, 0.5) is 11.4 Å². The second kappa shape index (κ2) is 8.94. The number of hydrogen-bond donors (Lipinski definition) is 0. The Kier molecular flexibility index (Phi) is 6.39. The Morgan fingerprint density at radius 3 is 1.33 bits per heavy atom. The fourth-order valence-corrected chi connectivity index (χ4v) is 5.93. The molecule has 1 heterocycles. The van der Waals surface area contributed by atoms with Crippen molar-refractivity contribution in [1.82, 2.24) is 0 Å². The van der Waals surface area contributed by atoms with Crippen molar-refractivity contribution in [2.45, 2.75) is 0 Å². The molecule has 0 fully saturated rings. The average molecular weight is 421 g/mol. The first-order chi connectivity index (χ1) is 13.2. The Bertz CT molecular complexity index is 884. The van der Waals surface area contributed by atoms with Crippen molar-refractivity contribution in [3.63, 3.8) is 0 Å². The molecule has 0 radical (unpaired) electrons. The minimum absolute atomic E-state index is 0.318. The second-order valence-electron chi connectivity index (χ2n) is 6.37. The first kappa shape index (κ1) is 19.3. The van der Waals surface area contributed by atoms with Gasteiger partial charge in [0.15, 0.2) is 0 Å². The van der Waals surface area contributed by atoms with Gasteiger partial charge in [-0.1, -0.05) is 0 Å². The topological polar surface area (TPSA) is 6.48 Å². The molecule has 0 N–H and O–H groups in total. The van der Waals surface area contributed by atoms with E-state index in [1.54, 1.807) is 0 Å². The van der Waals surface area contributed by atoms with Gasteiger partial charge in [0, 0.05) is 0 Å². The Hall–Kier alpha value is -2.48. The molecule has 3 heteroatoms. The van der Waals surface area contributed by atoms with Crippen molar-refractivity contribution in [3.05, 3.63) is 87.0 Å². The van der Waals surface area contributed by atoms with Crippen molar-refractivity contribution in [2.24, 2.45) is 0 Å². The van der Waals surface area contributed by atoms with Crippen LogP contribution in [0.15, 0.2) is 87.0 Å². The van der Waals surface area contributed by atoms with Gasteiger partial charge in [-0.2, -0.15) is 0 Å². The molecule has 138 valence electrons. The SMILES string of the molecule is C=CCN(CC=C)c1cccc2[se]c3cccc(N(CC=C)CC=C)c3c12. The van der Waals surface area contributed by atoms with Crippen molar-refractivity contribution in [3.8, 4) is 0 Å². The predicted octanol–water partition coefficient (Wildman–Crippen LogP) is 5.41. The van der Waals surface area contributed by atoms with Crippen molar-refractivity contribution in [2.75, 3.05) is 36.0 Å². The molecule has 3 rings (SSSR count). The van der Waals surface area contributed by atoms with Gasteiger partial charge in [-0.25, -0.2) is 0 Å². The van der Waals surface area contributed by atoms with Gasteiger partial charge in [-0.15, -0.1) is 0 Å². The van der Waals surface area contributed by atoms with Gasteiger partial charge >= 0.3 is 168 Å². The first-order valence-corrected chi connectivity index (χ1v) is 10.8. The molecular weight excluding hydrogens is 395 g/mol. The molecule has 3 aromatic rings. The van der Waals surface area contributed by atoms with E-state index in [-0.39, 0.29) is 0 Å². The number of anilines is 2. The fourth-order valence-electron chi connectivity index (χ4n) is 3.52. The third-order valence-electron chi connectivity index (χ3n) is 4.56. The molecule has 0 aliphatic heterocycles. The van der Waals surface area contributed by atoms with Crippen LogP contribution in [-0.4, -0.2) is 40.7 Å². The van der Waals surface area contributed by atoms with E-state index >= 15 is 0 Å². The van der Waals surface area contributed by atoms with E-state index in [0.717, 1.165) is 26.2 Å². The molecule has 0 atom stereocenters. The van der Waals surface area contributed by atoms with E-state index in [1.165, 1.54) is 30.7 Å². The maximum absolute atomic E-state index is 3.94. The van der Waals surface area contributed by atoms with Crippen molar-refractivity contribution >= 4 is 45.2 Å². The van der Waals surface area contributed by atoms with Crippen LogP contribution < -0.4 is 9.80 Å². The van der Waals surface area contributed by atoms with Crippen LogP contribution >= 0.6 is 0 Å². The number of rotatable bonds is 10. The van der Waals surface area contributed by atoms with E-state index in [4.69, 9.17) is 0 Å². The molecule has 0 aliphatic rings. The fraction of sp³-hybridized carbons (Fsp3) is 0.167. The monoisotopic (exact) mass is 422 g/mol. The molecular formula is C24H26N2Se. The van der Waals surface area contributed by atoms with Gasteiger partial charge < -0.3 is 0 Å². The average Bonchev–Trinajstić information content (AvgIpc) is 3.06. The molecule has 0 spiro atoms. The standard InChI is InChI=1S/C24H26N2Se/c1-5-15-25(16-6-2)19-11-9-13-21-23(19)24-20(12-10-14-22(24)27-21)26(17-7-3)18-8-4/h5-14H,1-4,15-18H2. The van der Waals surface area contributed by atoms with E-state index < -0.39 is 0 Å². The van der Waals surface area contributed by atoms with E-state index in [1.807, 2.05) is 24.3 Å².